The van der Waals surface area contributed by atoms with Crippen LogP contribution in [0.25, 0.3) is 0 Å². The number of rotatable bonds is 48. The molecule has 3 unspecified atom stereocenters. The van der Waals surface area contributed by atoms with Gasteiger partial charge >= 0.3 is 5.97 Å². The van der Waals surface area contributed by atoms with E-state index in [1.165, 1.54) is 135 Å². The highest BCUT2D eigenvalue weighted by Crippen LogP contribution is 2.17. The molecule has 0 rings (SSSR count). The molecule has 0 bridgehead atoms. The maximum absolute atomic E-state index is 13.2. The second-order valence-corrected chi connectivity index (χ2v) is 18.3. The molecule has 0 heterocycles. The van der Waals surface area contributed by atoms with Gasteiger partial charge in [0.15, 0.2) is 0 Å². The van der Waals surface area contributed by atoms with Gasteiger partial charge in [-0.15, -0.1) is 0 Å². The average molecular weight is 870 g/mol. The normalized spacial score (nSPS) is 13.6. The van der Waals surface area contributed by atoms with Crippen molar-refractivity contribution in [2.45, 2.75) is 289 Å². The lowest BCUT2D eigenvalue weighted by Gasteiger charge is -2.24. The molecule has 62 heavy (non-hydrogen) atoms. The summed E-state index contributed by atoms with van der Waals surface area (Å²) in [6, 6.07) is -0.713. The lowest BCUT2D eigenvalue weighted by atomic mass is 10.0. The molecule has 0 aromatic rings. The molecule has 1 amide bonds. The second-order valence-electron chi connectivity index (χ2n) is 18.3. The molecule has 0 radical (unpaired) electrons. The first kappa shape index (κ1) is 59.8. The quantitative estimate of drug-likeness (QED) is 0.0322. The summed E-state index contributed by atoms with van der Waals surface area (Å²) in [7, 11) is 0. The van der Waals surface area contributed by atoms with Gasteiger partial charge in [-0.05, 0) is 77.0 Å². The first-order valence-corrected chi connectivity index (χ1v) is 26.9. The number of esters is 1. The summed E-state index contributed by atoms with van der Waals surface area (Å²) < 4.78 is 5.92. The fourth-order valence-electron chi connectivity index (χ4n) is 8.06. The SMILES string of the molecule is CCCCC/C=C/C=C/CCCCCCC(CC(=O)NC(CO)C(O)CCCCCCCCCCCCCCCC)OC(=O)CCCCC/C=C/C=C/CCCCCCCCC. The molecule has 3 N–H and O–H groups in total. The van der Waals surface area contributed by atoms with Crippen molar-refractivity contribution in [1.29, 1.82) is 0 Å². The number of hydrogen-bond donors (Lipinski definition) is 3. The third kappa shape index (κ3) is 44.4. The fraction of sp³-hybridized carbons (Fsp3) is 0.821. The lowest BCUT2D eigenvalue weighted by molar-refractivity contribution is -0.151. The van der Waals surface area contributed by atoms with Crippen LogP contribution in [0, 0.1) is 0 Å². The van der Waals surface area contributed by atoms with Crippen LogP contribution in [0.4, 0.5) is 0 Å². The van der Waals surface area contributed by atoms with Crippen molar-refractivity contribution in [3.05, 3.63) is 48.6 Å². The highest BCUT2D eigenvalue weighted by molar-refractivity contribution is 5.77. The van der Waals surface area contributed by atoms with Gasteiger partial charge in [0.2, 0.25) is 5.91 Å². The molecule has 0 aliphatic heterocycles. The summed E-state index contributed by atoms with van der Waals surface area (Å²) in [5, 5.41) is 23.8. The molecule has 6 heteroatoms. The Balaban J connectivity index is 4.62. The van der Waals surface area contributed by atoms with E-state index in [1.807, 2.05) is 0 Å². The Morgan fingerprint density at radius 1 is 0.468 bits per heavy atom. The standard InChI is InChI=1S/C56H103NO5/c1-4-7-10-13-16-19-22-25-27-28-31-34-37-40-43-46-49-56(61)62-52(47-44-41-38-35-32-29-24-21-18-15-12-9-6-3)50-55(60)57-53(51-58)54(59)48-45-42-39-36-33-30-26-23-20-17-14-11-8-5-2/h18,21,24,27-29,31,34,52-54,58-59H,4-17,19-20,22-23,25-26,30,32-33,35-51H2,1-3H3,(H,57,60)/b21-18+,28-27+,29-24+,34-31+. The van der Waals surface area contributed by atoms with Crippen LogP contribution in [0.15, 0.2) is 48.6 Å². The maximum atomic E-state index is 13.2. The van der Waals surface area contributed by atoms with Gasteiger partial charge in [0.05, 0.1) is 25.2 Å². The van der Waals surface area contributed by atoms with E-state index >= 15 is 0 Å². The van der Waals surface area contributed by atoms with Crippen LogP contribution < -0.4 is 5.32 Å². The number of carbonyl (C=O) groups excluding carboxylic acids is 2. The zero-order valence-corrected chi connectivity index (χ0v) is 41.3. The third-order valence-electron chi connectivity index (χ3n) is 12.2. The first-order valence-electron chi connectivity index (χ1n) is 26.9. The molecule has 0 aliphatic rings. The van der Waals surface area contributed by atoms with Crippen molar-refractivity contribution in [2.24, 2.45) is 0 Å². The Kier molecular flexibility index (Phi) is 48.1. The maximum Gasteiger partial charge on any atom is 0.306 e. The largest absolute Gasteiger partial charge is 0.462 e. The summed E-state index contributed by atoms with van der Waals surface area (Å²) >= 11 is 0. The van der Waals surface area contributed by atoms with E-state index in [2.05, 4.69) is 74.7 Å². The van der Waals surface area contributed by atoms with Crippen molar-refractivity contribution in [2.75, 3.05) is 6.61 Å². The van der Waals surface area contributed by atoms with Crippen molar-refractivity contribution >= 4 is 11.9 Å². The second kappa shape index (κ2) is 49.8. The van der Waals surface area contributed by atoms with Crippen LogP contribution in [0.3, 0.4) is 0 Å². The molecule has 0 fully saturated rings. The molecule has 0 aromatic carbocycles. The number of aliphatic hydroxyl groups is 2. The zero-order valence-electron chi connectivity index (χ0n) is 41.3. The highest BCUT2D eigenvalue weighted by Gasteiger charge is 2.24. The Bertz CT molecular complexity index is 1070. The summed E-state index contributed by atoms with van der Waals surface area (Å²) in [6.07, 6.45) is 60.3. The van der Waals surface area contributed by atoms with E-state index in [0.29, 0.717) is 19.3 Å². The van der Waals surface area contributed by atoms with E-state index in [0.717, 1.165) is 89.9 Å². The minimum Gasteiger partial charge on any atom is -0.462 e. The van der Waals surface area contributed by atoms with Crippen LogP contribution in [-0.4, -0.2) is 46.9 Å². The molecule has 0 saturated carbocycles. The highest BCUT2D eigenvalue weighted by atomic mass is 16.5. The fourth-order valence-corrected chi connectivity index (χ4v) is 8.06. The van der Waals surface area contributed by atoms with Gasteiger partial charge in [-0.25, -0.2) is 0 Å². The van der Waals surface area contributed by atoms with Gasteiger partial charge in [-0.1, -0.05) is 230 Å². The number of aliphatic hydroxyl groups excluding tert-OH is 2. The Labute approximate surface area is 385 Å². The Morgan fingerprint density at radius 2 is 0.806 bits per heavy atom. The predicted molar refractivity (Wildman–Crippen MR) is 269 cm³/mol. The average Bonchev–Trinajstić information content (AvgIpc) is 3.26. The minimum atomic E-state index is -0.798. The van der Waals surface area contributed by atoms with Crippen LogP contribution in [-0.2, 0) is 14.3 Å². The minimum absolute atomic E-state index is 0.0540. The van der Waals surface area contributed by atoms with Crippen molar-refractivity contribution in [3.8, 4) is 0 Å². The van der Waals surface area contributed by atoms with Crippen molar-refractivity contribution in [3.63, 3.8) is 0 Å². The summed E-state index contributed by atoms with van der Waals surface area (Å²) in [5.41, 5.74) is 0. The summed E-state index contributed by atoms with van der Waals surface area (Å²) in [5.74, 6) is -0.519. The number of unbranched alkanes of at least 4 members (excludes halogenated alkanes) is 30. The zero-order chi connectivity index (χ0) is 45.2. The predicted octanol–water partition coefficient (Wildman–Crippen LogP) is 16.2. The number of hydrogen-bond acceptors (Lipinski definition) is 5. The van der Waals surface area contributed by atoms with E-state index in [4.69, 9.17) is 4.74 Å². The Morgan fingerprint density at radius 3 is 1.23 bits per heavy atom. The molecule has 0 aliphatic carbocycles. The molecular weight excluding hydrogens is 767 g/mol. The Hall–Kier alpha value is -2.18. The van der Waals surface area contributed by atoms with Gasteiger partial charge in [0.25, 0.3) is 0 Å². The van der Waals surface area contributed by atoms with Gasteiger partial charge in [0.1, 0.15) is 6.10 Å². The number of carbonyl (C=O) groups is 2. The summed E-state index contributed by atoms with van der Waals surface area (Å²) in [4.78, 5) is 26.2. The summed E-state index contributed by atoms with van der Waals surface area (Å²) in [6.45, 7) is 6.45. The van der Waals surface area contributed by atoms with Gasteiger partial charge in [-0.3, -0.25) is 9.59 Å². The molecular formula is C56H103NO5. The van der Waals surface area contributed by atoms with Crippen LogP contribution in [0.5, 0.6) is 0 Å². The molecule has 3 atom stereocenters. The van der Waals surface area contributed by atoms with E-state index < -0.39 is 18.2 Å². The van der Waals surface area contributed by atoms with E-state index in [9.17, 15) is 19.8 Å². The molecule has 0 spiro atoms. The van der Waals surface area contributed by atoms with Gasteiger partial charge in [-0.2, -0.15) is 0 Å². The molecule has 6 nitrogen and oxygen atoms in total. The number of allylic oxidation sites excluding steroid dienone is 8. The van der Waals surface area contributed by atoms with Crippen molar-refractivity contribution < 1.29 is 24.5 Å². The first-order chi connectivity index (χ1) is 30.5. The smallest absolute Gasteiger partial charge is 0.306 e. The molecule has 362 valence electrons. The molecule has 0 aromatic heterocycles. The van der Waals surface area contributed by atoms with E-state index in [-0.39, 0.29) is 24.9 Å². The van der Waals surface area contributed by atoms with Crippen LogP contribution in [0.2, 0.25) is 0 Å². The number of nitrogens with one attached hydrogen (secondary N) is 1. The topological polar surface area (TPSA) is 95.9 Å². The lowest BCUT2D eigenvalue weighted by Crippen LogP contribution is -2.46. The number of ether oxygens (including phenoxy) is 1. The molecule has 0 saturated heterocycles. The van der Waals surface area contributed by atoms with Gasteiger partial charge < -0.3 is 20.3 Å². The van der Waals surface area contributed by atoms with Crippen LogP contribution in [0.1, 0.15) is 271 Å². The number of amides is 1. The van der Waals surface area contributed by atoms with Crippen molar-refractivity contribution in [1.82, 2.24) is 5.32 Å². The third-order valence-corrected chi connectivity index (χ3v) is 12.2. The van der Waals surface area contributed by atoms with Crippen LogP contribution >= 0.6 is 0 Å². The van der Waals surface area contributed by atoms with E-state index in [1.54, 1.807) is 0 Å². The monoisotopic (exact) mass is 870 g/mol. The van der Waals surface area contributed by atoms with Gasteiger partial charge in [0, 0.05) is 6.42 Å².